The van der Waals surface area contributed by atoms with E-state index in [0.29, 0.717) is 12.3 Å². The van der Waals surface area contributed by atoms with Crippen LogP contribution in [-0.4, -0.2) is 55.1 Å². The van der Waals surface area contributed by atoms with Crippen molar-refractivity contribution >= 4 is 16.8 Å². The number of likely N-dealkylation sites (tertiary alicyclic amines) is 1. The van der Waals surface area contributed by atoms with Crippen LogP contribution in [0.4, 0.5) is 0 Å². The zero-order valence-corrected chi connectivity index (χ0v) is 22.6. The number of aromatic amines is 1. The fourth-order valence-corrected chi connectivity index (χ4v) is 5.41. The normalized spacial score (nSPS) is 17.4. The Kier molecular flexibility index (Phi) is 10.4. The Morgan fingerprint density at radius 1 is 1.11 bits per heavy atom. The van der Waals surface area contributed by atoms with Crippen LogP contribution in [0.2, 0.25) is 0 Å². The van der Waals surface area contributed by atoms with E-state index in [4.69, 9.17) is 4.74 Å². The summed E-state index contributed by atoms with van der Waals surface area (Å²) >= 11 is 0. The number of hydrogen-bond donors (Lipinski definition) is 3. The molecule has 0 spiro atoms. The summed E-state index contributed by atoms with van der Waals surface area (Å²) in [6.07, 6.45) is 9.65. The molecule has 37 heavy (non-hydrogen) atoms. The maximum Gasteiger partial charge on any atom is 0.237 e. The largest absolute Gasteiger partial charge is 0.497 e. The molecule has 1 amide bonds. The Morgan fingerprint density at radius 3 is 2.76 bits per heavy atom. The van der Waals surface area contributed by atoms with Gasteiger partial charge in [0.15, 0.2) is 0 Å². The highest BCUT2D eigenvalue weighted by molar-refractivity contribution is 5.86. The van der Waals surface area contributed by atoms with Crippen molar-refractivity contribution in [1.82, 2.24) is 20.5 Å². The van der Waals surface area contributed by atoms with E-state index in [-0.39, 0.29) is 11.9 Å². The Bertz CT molecular complexity index is 1090. The van der Waals surface area contributed by atoms with E-state index in [1.165, 1.54) is 35.8 Å². The highest BCUT2D eigenvalue weighted by Crippen LogP contribution is 2.23. The third-order valence-corrected chi connectivity index (χ3v) is 7.69. The molecule has 2 aromatic carbocycles. The molecule has 0 saturated carbocycles. The Hall–Kier alpha value is -2.83. The number of ether oxygens (including phenoxy) is 1. The number of nitrogens with one attached hydrogen (secondary N) is 3. The first-order valence-electron chi connectivity index (χ1n) is 14.1. The van der Waals surface area contributed by atoms with E-state index in [0.717, 1.165) is 63.3 Å². The van der Waals surface area contributed by atoms with Crippen molar-refractivity contribution in [1.29, 1.82) is 0 Å². The van der Waals surface area contributed by atoms with Gasteiger partial charge in [0.1, 0.15) is 5.75 Å². The number of amides is 1. The summed E-state index contributed by atoms with van der Waals surface area (Å²) in [6, 6.07) is 16.5. The van der Waals surface area contributed by atoms with Crippen molar-refractivity contribution < 1.29 is 9.53 Å². The number of H-pyrrole nitrogens is 1. The van der Waals surface area contributed by atoms with Crippen LogP contribution in [0.5, 0.6) is 5.75 Å². The van der Waals surface area contributed by atoms with E-state index in [2.05, 4.69) is 64.0 Å². The standard InChI is InChI=1S/C31H44N4O2/c1-3-4-17-32-30(21-26-22-34-29-10-6-5-9-28(26)29)31(36)33-18-15-24-8-7-19-35(20-16-24)23-25-11-13-27(37-2)14-12-25/h5-6,9-14,22,24,30,32,34H,3-4,7-8,15-21,23H2,1-2H3,(H,33,36)/t24?,30-/m0/s1. The zero-order valence-electron chi connectivity index (χ0n) is 22.6. The summed E-state index contributed by atoms with van der Waals surface area (Å²) in [7, 11) is 1.71. The van der Waals surface area contributed by atoms with Gasteiger partial charge in [0, 0.05) is 30.2 Å². The molecule has 1 saturated heterocycles. The van der Waals surface area contributed by atoms with E-state index in [1.54, 1.807) is 7.11 Å². The van der Waals surface area contributed by atoms with Crippen molar-refractivity contribution in [2.24, 2.45) is 5.92 Å². The van der Waals surface area contributed by atoms with E-state index >= 15 is 0 Å². The number of hydrogen-bond acceptors (Lipinski definition) is 4. The average molecular weight is 505 g/mol. The summed E-state index contributed by atoms with van der Waals surface area (Å²) in [5.74, 6) is 1.70. The number of carbonyl (C=O) groups excluding carboxylic acids is 1. The molecule has 4 rings (SSSR count). The molecule has 3 aromatic rings. The molecule has 200 valence electrons. The highest BCUT2D eigenvalue weighted by Gasteiger charge is 2.21. The fourth-order valence-electron chi connectivity index (χ4n) is 5.41. The number of para-hydroxylation sites is 1. The van der Waals surface area contributed by atoms with Gasteiger partial charge in [-0.05, 0) is 93.4 Å². The maximum absolute atomic E-state index is 13.2. The smallest absolute Gasteiger partial charge is 0.237 e. The average Bonchev–Trinajstić information content (AvgIpc) is 3.20. The molecule has 1 aromatic heterocycles. The zero-order chi connectivity index (χ0) is 25.9. The topological polar surface area (TPSA) is 69.4 Å². The molecule has 1 unspecified atom stereocenters. The van der Waals surface area contributed by atoms with Crippen LogP contribution in [0.1, 0.15) is 56.6 Å². The van der Waals surface area contributed by atoms with E-state index < -0.39 is 0 Å². The number of aromatic nitrogens is 1. The minimum absolute atomic E-state index is 0.121. The van der Waals surface area contributed by atoms with Crippen molar-refractivity contribution in [2.45, 2.75) is 64.5 Å². The fraction of sp³-hybridized carbons (Fsp3) is 0.516. The molecule has 2 heterocycles. The second-order valence-electron chi connectivity index (χ2n) is 10.4. The molecule has 3 N–H and O–H groups in total. The third kappa shape index (κ3) is 8.08. The first-order chi connectivity index (χ1) is 18.2. The Morgan fingerprint density at radius 2 is 1.95 bits per heavy atom. The first kappa shape index (κ1) is 27.2. The van der Waals surface area contributed by atoms with Crippen LogP contribution in [0.25, 0.3) is 10.9 Å². The molecule has 1 fully saturated rings. The summed E-state index contributed by atoms with van der Waals surface area (Å²) in [4.78, 5) is 19.1. The lowest BCUT2D eigenvalue weighted by atomic mass is 9.97. The van der Waals surface area contributed by atoms with Gasteiger partial charge in [-0.3, -0.25) is 9.69 Å². The van der Waals surface area contributed by atoms with Crippen LogP contribution in [0.3, 0.4) is 0 Å². The number of benzene rings is 2. The predicted octanol–water partition coefficient (Wildman–Crippen LogP) is 5.29. The van der Waals surface area contributed by atoms with Gasteiger partial charge in [0.2, 0.25) is 5.91 Å². The van der Waals surface area contributed by atoms with Gasteiger partial charge in [-0.15, -0.1) is 0 Å². The van der Waals surface area contributed by atoms with Crippen LogP contribution < -0.4 is 15.4 Å². The minimum atomic E-state index is -0.208. The third-order valence-electron chi connectivity index (χ3n) is 7.69. The summed E-state index contributed by atoms with van der Waals surface area (Å²) in [5.41, 5.74) is 3.66. The van der Waals surface area contributed by atoms with Gasteiger partial charge in [-0.25, -0.2) is 0 Å². The maximum atomic E-state index is 13.2. The molecule has 6 nitrogen and oxygen atoms in total. The van der Waals surface area contributed by atoms with Gasteiger partial charge in [-0.2, -0.15) is 0 Å². The van der Waals surface area contributed by atoms with Crippen LogP contribution in [0, 0.1) is 5.92 Å². The Balaban J connectivity index is 1.24. The van der Waals surface area contributed by atoms with Crippen LogP contribution >= 0.6 is 0 Å². The van der Waals surface area contributed by atoms with Crippen LogP contribution in [0.15, 0.2) is 54.7 Å². The second kappa shape index (κ2) is 14.2. The van der Waals surface area contributed by atoms with Gasteiger partial charge in [0.05, 0.1) is 13.2 Å². The second-order valence-corrected chi connectivity index (χ2v) is 10.4. The highest BCUT2D eigenvalue weighted by atomic mass is 16.5. The molecule has 0 bridgehead atoms. The van der Waals surface area contributed by atoms with Crippen molar-refractivity contribution in [3.05, 3.63) is 65.9 Å². The van der Waals surface area contributed by atoms with Crippen LogP contribution in [-0.2, 0) is 17.8 Å². The van der Waals surface area contributed by atoms with Crippen molar-refractivity contribution in [2.75, 3.05) is 33.3 Å². The SMILES string of the molecule is CCCCN[C@@H](Cc1c[nH]c2ccccc12)C(=O)NCCC1CCCN(Cc2ccc(OC)cc2)CC1. The minimum Gasteiger partial charge on any atom is -0.497 e. The number of rotatable bonds is 13. The Labute approximate surface area is 222 Å². The summed E-state index contributed by atoms with van der Waals surface area (Å²) in [6.45, 7) is 7.05. The van der Waals surface area contributed by atoms with Gasteiger partial charge in [-0.1, -0.05) is 43.7 Å². The van der Waals surface area contributed by atoms with Crippen molar-refractivity contribution in [3.63, 3.8) is 0 Å². The number of carbonyl (C=O) groups is 1. The number of unbranched alkanes of at least 4 members (excludes halogenated alkanes) is 1. The first-order valence-corrected chi connectivity index (χ1v) is 14.1. The summed E-state index contributed by atoms with van der Waals surface area (Å²) < 4.78 is 5.28. The molecule has 0 radical (unpaired) electrons. The van der Waals surface area contributed by atoms with Gasteiger partial charge < -0.3 is 20.4 Å². The van der Waals surface area contributed by atoms with Gasteiger partial charge in [0.25, 0.3) is 0 Å². The molecule has 2 atom stereocenters. The molecule has 6 heteroatoms. The lowest BCUT2D eigenvalue weighted by molar-refractivity contribution is -0.123. The lowest BCUT2D eigenvalue weighted by Gasteiger charge is -2.21. The molecule has 1 aliphatic heterocycles. The summed E-state index contributed by atoms with van der Waals surface area (Å²) in [5, 5.41) is 7.98. The lowest BCUT2D eigenvalue weighted by Crippen LogP contribution is -2.46. The van der Waals surface area contributed by atoms with Crippen molar-refractivity contribution in [3.8, 4) is 5.75 Å². The monoisotopic (exact) mass is 504 g/mol. The number of nitrogens with zero attached hydrogens (tertiary/aromatic N) is 1. The molecule has 1 aliphatic rings. The predicted molar refractivity (Wildman–Crippen MR) is 152 cm³/mol. The molecule has 0 aliphatic carbocycles. The van der Waals surface area contributed by atoms with E-state index in [9.17, 15) is 4.79 Å². The quantitative estimate of drug-likeness (QED) is 0.277. The molecular formula is C31H44N4O2. The van der Waals surface area contributed by atoms with E-state index in [1.807, 2.05) is 18.2 Å². The van der Waals surface area contributed by atoms with Gasteiger partial charge >= 0.3 is 0 Å². The molecular weight excluding hydrogens is 460 g/mol. The number of methoxy groups -OCH3 is 1. The number of fused-ring (bicyclic) bond motifs is 1.